The number of nitrogens with zero attached hydrogens (tertiary/aromatic N) is 1. The maximum absolute atomic E-state index is 12.3. The van der Waals surface area contributed by atoms with Crippen LogP contribution in [-0.4, -0.2) is 22.8 Å². The lowest BCUT2D eigenvalue weighted by molar-refractivity contribution is 0.0599. The van der Waals surface area contributed by atoms with Crippen LogP contribution in [0.4, 0.5) is 10.5 Å². The normalized spacial score (nSPS) is 13.0. The molecular formula is C20H21N3O3. The largest absolute Gasteiger partial charge is 0.384 e. The van der Waals surface area contributed by atoms with E-state index in [4.69, 9.17) is 4.52 Å². The second-order valence-electron chi connectivity index (χ2n) is 6.29. The Balaban J connectivity index is 1.69. The number of amides is 2. The van der Waals surface area contributed by atoms with Gasteiger partial charge in [0.25, 0.3) is 0 Å². The van der Waals surface area contributed by atoms with Gasteiger partial charge in [0, 0.05) is 5.56 Å². The average Bonchev–Trinajstić information content (AvgIpc) is 3.02. The first kappa shape index (κ1) is 17.7. The van der Waals surface area contributed by atoms with E-state index in [1.165, 1.54) is 0 Å². The Morgan fingerprint density at radius 3 is 2.38 bits per heavy atom. The minimum absolute atomic E-state index is 0.0633. The number of aliphatic hydroxyl groups is 1. The smallest absolute Gasteiger partial charge is 0.319 e. The molecule has 1 aromatic heterocycles. The number of aromatic nitrogens is 1. The summed E-state index contributed by atoms with van der Waals surface area (Å²) in [7, 11) is 0. The highest BCUT2D eigenvalue weighted by Gasteiger charge is 2.24. The van der Waals surface area contributed by atoms with Crippen molar-refractivity contribution >= 4 is 11.7 Å². The highest BCUT2D eigenvalue weighted by atomic mass is 16.5. The number of carbonyl (C=O) groups is 1. The van der Waals surface area contributed by atoms with Crippen molar-refractivity contribution in [1.29, 1.82) is 0 Å². The van der Waals surface area contributed by atoms with Gasteiger partial charge >= 0.3 is 6.03 Å². The standard InChI is InChI=1S/C20H21N3O3/c1-14-17(18(26-23-14)15-9-5-3-6-10-15)22-19(24)21-13-20(2,25)16-11-7-4-8-12-16/h3-12,25H,13H2,1-2H3,(H2,21,22,24). The molecule has 134 valence electrons. The summed E-state index contributed by atoms with van der Waals surface area (Å²) < 4.78 is 5.36. The number of anilines is 1. The Bertz CT molecular complexity index is 874. The molecule has 0 fully saturated rings. The van der Waals surface area contributed by atoms with Gasteiger partial charge in [-0.25, -0.2) is 4.79 Å². The van der Waals surface area contributed by atoms with Crippen LogP contribution in [0.25, 0.3) is 11.3 Å². The molecule has 2 aromatic carbocycles. The molecule has 2 amide bonds. The lowest BCUT2D eigenvalue weighted by atomic mass is 9.96. The van der Waals surface area contributed by atoms with E-state index in [0.29, 0.717) is 17.1 Å². The van der Waals surface area contributed by atoms with Crippen LogP contribution >= 0.6 is 0 Å². The van der Waals surface area contributed by atoms with Crippen LogP contribution < -0.4 is 10.6 Å². The van der Waals surface area contributed by atoms with Crippen LogP contribution in [-0.2, 0) is 5.60 Å². The highest BCUT2D eigenvalue weighted by molar-refractivity contribution is 5.93. The van der Waals surface area contributed by atoms with Gasteiger partial charge in [-0.3, -0.25) is 0 Å². The van der Waals surface area contributed by atoms with Crippen molar-refractivity contribution in [3.8, 4) is 11.3 Å². The first-order chi connectivity index (χ1) is 12.5. The summed E-state index contributed by atoms with van der Waals surface area (Å²) in [6, 6.07) is 18.2. The predicted molar refractivity (Wildman–Crippen MR) is 99.7 cm³/mol. The molecule has 1 unspecified atom stereocenters. The molecule has 0 aliphatic rings. The molecule has 1 heterocycles. The number of hydrogen-bond donors (Lipinski definition) is 3. The number of urea groups is 1. The van der Waals surface area contributed by atoms with E-state index in [1.54, 1.807) is 13.8 Å². The molecule has 0 radical (unpaired) electrons. The maximum atomic E-state index is 12.3. The Morgan fingerprint density at radius 1 is 1.12 bits per heavy atom. The number of rotatable bonds is 5. The summed E-state index contributed by atoms with van der Waals surface area (Å²) in [6.45, 7) is 3.47. The van der Waals surface area contributed by atoms with E-state index in [0.717, 1.165) is 11.1 Å². The van der Waals surface area contributed by atoms with Crippen molar-refractivity contribution in [2.75, 3.05) is 11.9 Å². The fourth-order valence-corrected chi connectivity index (χ4v) is 2.61. The van der Waals surface area contributed by atoms with Crippen LogP contribution in [0.3, 0.4) is 0 Å². The third kappa shape index (κ3) is 3.92. The second kappa shape index (κ2) is 7.41. The van der Waals surface area contributed by atoms with Gasteiger partial charge in [0.05, 0.1) is 6.54 Å². The van der Waals surface area contributed by atoms with Crippen LogP contribution in [0, 0.1) is 6.92 Å². The van der Waals surface area contributed by atoms with Crippen molar-refractivity contribution in [3.05, 3.63) is 71.9 Å². The van der Waals surface area contributed by atoms with Crippen molar-refractivity contribution < 1.29 is 14.4 Å². The summed E-state index contributed by atoms with van der Waals surface area (Å²) >= 11 is 0. The first-order valence-electron chi connectivity index (χ1n) is 8.32. The number of carbonyl (C=O) groups excluding carboxylic acids is 1. The van der Waals surface area contributed by atoms with Crippen molar-refractivity contribution in [2.45, 2.75) is 19.4 Å². The quantitative estimate of drug-likeness (QED) is 0.654. The van der Waals surface area contributed by atoms with E-state index in [-0.39, 0.29) is 6.54 Å². The van der Waals surface area contributed by atoms with Gasteiger partial charge in [0.15, 0.2) is 5.76 Å². The Hall–Kier alpha value is -3.12. The zero-order valence-corrected chi connectivity index (χ0v) is 14.7. The van der Waals surface area contributed by atoms with E-state index < -0.39 is 11.6 Å². The number of benzene rings is 2. The Labute approximate surface area is 151 Å². The lowest BCUT2D eigenvalue weighted by Gasteiger charge is -2.24. The first-order valence-corrected chi connectivity index (χ1v) is 8.32. The molecule has 1 atom stereocenters. The molecule has 0 aliphatic heterocycles. The summed E-state index contributed by atoms with van der Waals surface area (Å²) in [4.78, 5) is 12.3. The molecule has 0 spiro atoms. The summed E-state index contributed by atoms with van der Waals surface area (Å²) in [6.07, 6.45) is 0. The number of hydrogen-bond acceptors (Lipinski definition) is 4. The van der Waals surface area contributed by atoms with E-state index in [9.17, 15) is 9.90 Å². The van der Waals surface area contributed by atoms with Gasteiger partial charge in [-0.15, -0.1) is 0 Å². The molecule has 6 nitrogen and oxygen atoms in total. The SMILES string of the molecule is Cc1noc(-c2ccccc2)c1NC(=O)NCC(C)(O)c1ccccc1. The zero-order chi connectivity index (χ0) is 18.6. The van der Waals surface area contributed by atoms with Crippen molar-refractivity contribution in [2.24, 2.45) is 0 Å². The number of nitrogens with one attached hydrogen (secondary N) is 2. The van der Waals surface area contributed by atoms with E-state index in [1.807, 2.05) is 60.7 Å². The average molecular weight is 351 g/mol. The zero-order valence-electron chi connectivity index (χ0n) is 14.7. The third-order valence-electron chi connectivity index (χ3n) is 4.13. The molecule has 26 heavy (non-hydrogen) atoms. The minimum atomic E-state index is -1.18. The van der Waals surface area contributed by atoms with E-state index >= 15 is 0 Å². The van der Waals surface area contributed by atoms with Crippen molar-refractivity contribution in [1.82, 2.24) is 10.5 Å². The van der Waals surface area contributed by atoms with E-state index in [2.05, 4.69) is 15.8 Å². The van der Waals surface area contributed by atoms with Gasteiger partial charge in [0.2, 0.25) is 0 Å². The molecule has 3 rings (SSSR count). The summed E-state index contributed by atoms with van der Waals surface area (Å²) in [5.41, 5.74) is 1.46. The minimum Gasteiger partial charge on any atom is -0.384 e. The molecule has 6 heteroatoms. The molecule has 0 bridgehead atoms. The molecule has 0 saturated heterocycles. The van der Waals surface area contributed by atoms with Crippen LogP contribution in [0.15, 0.2) is 65.2 Å². The van der Waals surface area contributed by atoms with Crippen LogP contribution in [0.1, 0.15) is 18.2 Å². The van der Waals surface area contributed by atoms with Crippen LogP contribution in [0.2, 0.25) is 0 Å². The topological polar surface area (TPSA) is 87.4 Å². The lowest BCUT2D eigenvalue weighted by Crippen LogP contribution is -2.40. The maximum Gasteiger partial charge on any atom is 0.319 e. The fraction of sp³-hybridized carbons (Fsp3) is 0.200. The fourth-order valence-electron chi connectivity index (χ4n) is 2.61. The Kier molecular flexibility index (Phi) is 5.04. The second-order valence-corrected chi connectivity index (χ2v) is 6.29. The van der Waals surface area contributed by atoms with Crippen molar-refractivity contribution in [3.63, 3.8) is 0 Å². The van der Waals surface area contributed by atoms with Gasteiger partial charge < -0.3 is 20.3 Å². The van der Waals surface area contributed by atoms with Gasteiger partial charge in [-0.1, -0.05) is 65.8 Å². The molecule has 0 saturated carbocycles. The number of aryl methyl sites for hydroxylation is 1. The molecule has 3 aromatic rings. The molecular weight excluding hydrogens is 330 g/mol. The van der Waals surface area contributed by atoms with Gasteiger partial charge in [-0.2, -0.15) is 0 Å². The van der Waals surface area contributed by atoms with Gasteiger partial charge in [-0.05, 0) is 19.4 Å². The summed E-state index contributed by atoms with van der Waals surface area (Å²) in [5.74, 6) is 0.494. The van der Waals surface area contributed by atoms with Gasteiger partial charge in [0.1, 0.15) is 17.0 Å². The third-order valence-corrected chi connectivity index (χ3v) is 4.13. The molecule has 0 aliphatic carbocycles. The predicted octanol–water partition coefficient (Wildman–Crippen LogP) is 3.68. The summed E-state index contributed by atoms with van der Waals surface area (Å²) in [5, 5.41) is 20.0. The monoisotopic (exact) mass is 351 g/mol. The highest BCUT2D eigenvalue weighted by Crippen LogP contribution is 2.30. The van der Waals surface area contributed by atoms with Crippen LogP contribution in [0.5, 0.6) is 0 Å². The Morgan fingerprint density at radius 2 is 1.73 bits per heavy atom. The molecule has 3 N–H and O–H groups in total.